The molecule has 0 radical (unpaired) electrons. The van der Waals surface area contributed by atoms with Crippen molar-refractivity contribution in [1.82, 2.24) is 10.2 Å². The van der Waals surface area contributed by atoms with E-state index >= 15 is 0 Å². The van der Waals surface area contributed by atoms with Crippen LogP contribution in [0, 0.1) is 5.92 Å². The third kappa shape index (κ3) is 2.83. The van der Waals surface area contributed by atoms with Crippen LogP contribution in [0.2, 0.25) is 0 Å². The second-order valence-corrected chi connectivity index (χ2v) is 6.06. The fourth-order valence-corrected chi connectivity index (χ4v) is 3.25. The van der Waals surface area contributed by atoms with Crippen LogP contribution >= 0.6 is 11.3 Å². The summed E-state index contributed by atoms with van der Waals surface area (Å²) in [4.78, 5) is 10.9. The average Bonchev–Trinajstić information content (AvgIpc) is 2.78. The molecule has 1 saturated carbocycles. The lowest BCUT2D eigenvalue weighted by Gasteiger charge is -2.23. The number of carboxylic acid groups (broad SMARTS) is 1. The molecule has 1 fully saturated rings. The number of hydrogen-bond donors (Lipinski definition) is 1. The van der Waals surface area contributed by atoms with Crippen LogP contribution in [-0.4, -0.2) is 21.3 Å². The summed E-state index contributed by atoms with van der Waals surface area (Å²) in [5.74, 6) is 0.0551. The lowest BCUT2D eigenvalue weighted by molar-refractivity contribution is -0.142. The first-order valence-corrected chi connectivity index (χ1v) is 6.95. The number of nitrogens with zero attached hydrogens (tertiary/aromatic N) is 2. The Kier molecular flexibility index (Phi) is 3.76. The number of aromatic nitrogens is 2. The van der Waals surface area contributed by atoms with Crippen LogP contribution in [-0.2, 0) is 4.79 Å². The molecule has 1 aromatic heterocycles. The van der Waals surface area contributed by atoms with Crippen molar-refractivity contribution >= 4 is 17.3 Å². The zero-order valence-corrected chi connectivity index (χ0v) is 11.0. The monoisotopic (exact) mass is 254 g/mol. The van der Waals surface area contributed by atoms with Gasteiger partial charge in [0.2, 0.25) is 0 Å². The standard InChI is InChI=1S/C12H18N2O2S/c1-7(2)10-13-14-11(17-10)8-3-5-9(6-4-8)12(15)16/h7-9H,3-6H2,1-2H3,(H,15,16)/t8-,9-. The quantitative estimate of drug-likeness (QED) is 0.900. The molecule has 0 amide bonds. The van der Waals surface area contributed by atoms with E-state index in [2.05, 4.69) is 24.0 Å². The highest BCUT2D eigenvalue weighted by Crippen LogP contribution is 2.37. The van der Waals surface area contributed by atoms with Crippen molar-refractivity contribution in [2.75, 3.05) is 0 Å². The van der Waals surface area contributed by atoms with Crippen molar-refractivity contribution in [1.29, 1.82) is 0 Å². The van der Waals surface area contributed by atoms with Crippen molar-refractivity contribution in [3.05, 3.63) is 10.0 Å². The van der Waals surface area contributed by atoms with E-state index in [0.717, 1.165) is 35.7 Å². The fraction of sp³-hybridized carbons (Fsp3) is 0.750. The van der Waals surface area contributed by atoms with Gasteiger partial charge in [0, 0.05) is 11.8 Å². The van der Waals surface area contributed by atoms with Crippen LogP contribution in [0.5, 0.6) is 0 Å². The first-order chi connectivity index (χ1) is 8.08. The van der Waals surface area contributed by atoms with Gasteiger partial charge in [-0.2, -0.15) is 0 Å². The van der Waals surface area contributed by atoms with E-state index in [-0.39, 0.29) is 5.92 Å². The second kappa shape index (κ2) is 5.12. The summed E-state index contributed by atoms with van der Waals surface area (Å²) in [7, 11) is 0. The Hall–Kier alpha value is -0.970. The van der Waals surface area contributed by atoms with E-state index in [1.165, 1.54) is 0 Å². The molecule has 94 valence electrons. The normalized spacial score (nSPS) is 25.1. The van der Waals surface area contributed by atoms with Gasteiger partial charge in [-0.05, 0) is 25.7 Å². The largest absolute Gasteiger partial charge is 0.481 e. The third-order valence-corrected chi connectivity index (χ3v) is 4.76. The SMILES string of the molecule is CC(C)c1nnc([C@H]2CC[C@H](C(=O)O)CC2)s1. The maximum absolute atomic E-state index is 10.9. The molecule has 1 heterocycles. The molecule has 1 aliphatic carbocycles. The third-order valence-electron chi connectivity index (χ3n) is 3.38. The van der Waals surface area contributed by atoms with Crippen molar-refractivity contribution < 1.29 is 9.90 Å². The smallest absolute Gasteiger partial charge is 0.306 e. The van der Waals surface area contributed by atoms with Gasteiger partial charge in [0.15, 0.2) is 0 Å². The van der Waals surface area contributed by atoms with Crippen LogP contribution in [0.4, 0.5) is 0 Å². The Balaban J connectivity index is 1.98. The van der Waals surface area contributed by atoms with Gasteiger partial charge in [-0.3, -0.25) is 4.79 Å². The summed E-state index contributed by atoms with van der Waals surface area (Å²) in [6.45, 7) is 4.23. The number of carboxylic acids is 1. The van der Waals surface area contributed by atoms with E-state index in [0.29, 0.717) is 11.8 Å². The lowest BCUT2D eigenvalue weighted by Crippen LogP contribution is -2.20. The molecule has 0 saturated heterocycles. The molecular weight excluding hydrogens is 236 g/mol. The summed E-state index contributed by atoms with van der Waals surface area (Å²) >= 11 is 1.69. The summed E-state index contributed by atoms with van der Waals surface area (Å²) < 4.78 is 0. The Labute approximate surface area is 105 Å². The molecule has 1 aromatic rings. The van der Waals surface area contributed by atoms with Gasteiger partial charge in [-0.15, -0.1) is 21.5 Å². The number of aliphatic carboxylic acids is 1. The highest BCUT2D eigenvalue weighted by atomic mass is 32.1. The van der Waals surface area contributed by atoms with E-state index < -0.39 is 5.97 Å². The molecule has 0 aliphatic heterocycles. The van der Waals surface area contributed by atoms with Gasteiger partial charge in [0.05, 0.1) is 5.92 Å². The first kappa shape index (κ1) is 12.5. The number of rotatable bonds is 3. The fourth-order valence-electron chi connectivity index (χ4n) is 2.23. The Morgan fingerprint density at radius 3 is 2.41 bits per heavy atom. The minimum absolute atomic E-state index is 0.149. The molecular formula is C12H18N2O2S. The summed E-state index contributed by atoms with van der Waals surface area (Å²) in [6, 6.07) is 0. The van der Waals surface area contributed by atoms with Crippen LogP contribution in [0.15, 0.2) is 0 Å². The van der Waals surface area contributed by atoms with Gasteiger partial charge in [-0.25, -0.2) is 0 Å². The average molecular weight is 254 g/mol. The molecule has 5 heteroatoms. The summed E-state index contributed by atoms with van der Waals surface area (Å²) in [5.41, 5.74) is 0. The minimum Gasteiger partial charge on any atom is -0.481 e. The van der Waals surface area contributed by atoms with Crippen molar-refractivity contribution in [3.63, 3.8) is 0 Å². The molecule has 0 unspecified atom stereocenters. The molecule has 1 N–H and O–H groups in total. The van der Waals surface area contributed by atoms with Crippen LogP contribution in [0.3, 0.4) is 0 Å². The van der Waals surface area contributed by atoms with E-state index in [1.807, 2.05) is 0 Å². The molecule has 0 atom stereocenters. The molecule has 2 rings (SSSR count). The van der Waals surface area contributed by atoms with Crippen molar-refractivity contribution in [2.24, 2.45) is 5.92 Å². The van der Waals surface area contributed by atoms with Gasteiger partial charge in [-0.1, -0.05) is 13.8 Å². The summed E-state index contributed by atoms with van der Waals surface area (Å²) in [5, 5.41) is 19.6. The molecule has 17 heavy (non-hydrogen) atoms. The highest BCUT2D eigenvalue weighted by molar-refractivity contribution is 7.11. The topological polar surface area (TPSA) is 63.1 Å². The molecule has 0 aromatic carbocycles. The number of hydrogen-bond acceptors (Lipinski definition) is 4. The van der Waals surface area contributed by atoms with Crippen LogP contribution in [0.1, 0.15) is 61.4 Å². The molecule has 4 nitrogen and oxygen atoms in total. The van der Waals surface area contributed by atoms with E-state index in [4.69, 9.17) is 5.11 Å². The predicted octanol–water partition coefficient (Wildman–Crippen LogP) is 3.02. The van der Waals surface area contributed by atoms with Crippen LogP contribution < -0.4 is 0 Å². The zero-order valence-electron chi connectivity index (χ0n) is 10.2. The summed E-state index contributed by atoms with van der Waals surface area (Å²) in [6.07, 6.45) is 3.42. The van der Waals surface area contributed by atoms with Gasteiger partial charge >= 0.3 is 5.97 Å². The van der Waals surface area contributed by atoms with Gasteiger partial charge in [0.1, 0.15) is 10.0 Å². The molecule has 0 spiro atoms. The van der Waals surface area contributed by atoms with Gasteiger partial charge in [0.25, 0.3) is 0 Å². The lowest BCUT2D eigenvalue weighted by atomic mass is 9.82. The predicted molar refractivity (Wildman–Crippen MR) is 66.3 cm³/mol. The first-order valence-electron chi connectivity index (χ1n) is 6.14. The number of carbonyl (C=O) groups is 1. The Morgan fingerprint density at radius 2 is 1.94 bits per heavy atom. The van der Waals surface area contributed by atoms with E-state index in [9.17, 15) is 4.79 Å². The van der Waals surface area contributed by atoms with Crippen LogP contribution in [0.25, 0.3) is 0 Å². The minimum atomic E-state index is -0.649. The molecule has 1 aliphatic rings. The highest BCUT2D eigenvalue weighted by Gasteiger charge is 2.28. The Morgan fingerprint density at radius 1 is 1.29 bits per heavy atom. The second-order valence-electron chi connectivity index (χ2n) is 5.02. The maximum Gasteiger partial charge on any atom is 0.306 e. The van der Waals surface area contributed by atoms with E-state index in [1.54, 1.807) is 11.3 Å². The zero-order chi connectivity index (χ0) is 12.4. The van der Waals surface area contributed by atoms with Crippen molar-refractivity contribution in [3.8, 4) is 0 Å². The maximum atomic E-state index is 10.9. The van der Waals surface area contributed by atoms with Gasteiger partial charge < -0.3 is 5.11 Å². The van der Waals surface area contributed by atoms with Crippen molar-refractivity contribution in [2.45, 2.75) is 51.4 Å². The Bertz CT molecular complexity index is 395. The molecule has 0 bridgehead atoms.